The summed E-state index contributed by atoms with van der Waals surface area (Å²) in [6.07, 6.45) is 1.99. The number of rotatable bonds is 6. The Hall–Kier alpha value is -0.600. The lowest BCUT2D eigenvalue weighted by Gasteiger charge is -2.11. The Kier molecular flexibility index (Phi) is 5.68. The molecule has 2 atom stereocenters. The van der Waals surface area contributed by atoms with E-state index in [4.69, 9.17) is 5.11 Å². The van der Waals surface area contributed by atoms with Crippen molar-refractivity contribution in [2.45, 2.75) is 45.7 Å². The average molecular weight is 176 g/mol. The van der Waals surface area contributed by atoms with Gasteiger partial charge in [0.2, 0.25) is 0 Å². The Morgan fingerprint density at radius 1 is 1.50 bits per heavy atom. The average Bonchev–Trinajstić information content (AvgIpc) is 2.03. The molecular formula is C9H17FO2. The van der Waals surface area contributed by atoms with Gasteiger partial charge in [0.05, 0.1) is 5.92 Å². The van der Waals surface area contributed by atoms with Crippen LogP contribution < -0.4 is 0 Å². The third-order valence-electron chi connectivity index (χ3n) is 2.02. The predicted octanol–water partition coefficient (Wildman–Crippen LogP) is 2.63. The van der Waals surface area contributed by atoms with Crippen LogP contribution in [0.1, 0.15) is 39.5 Å². The second-order valence-electron chi connectivity index (χ2n) is 3.14. The number of unbranched alkanes of at least 4 members (excludes halogenated alkanes) is 2. The molecule has 0 aliphatic heterocycles. The number of hydrogen-bond acceptors (Lipinski definition) is 1. The summed E-state index contributed by atoms with van der Waals surface area (Å²) in [5, 5.41) is 8.47. The van der Waals surface area contributed by atoms with E-state index in [1.54, 1.807) is 0 Å². The first-order valence-electron chi connectivity index (χ1n) is 4.46. The van der Waals surface area contributed by atoms with Crippen LogP contribution in [0.4, 0.5) is 4.39 Å². The molecule has 1 N–H and O–H groups in total. The number of alkyl halides is 1. The third kappa shape index (κ3) is 4.31. The Bertz CT molecular complexity index is 136. The quantitative estimate of drug-likeness (QED) is 0.631. The molecule has 0 spiro atoms. The maximum Gasteiger partial charge on any atom is 0.309 e. The van der Waals surface area contributed by atoms with E-state index in [9.17, 15) is 9.18 Å². The van der Waals surface area contributed by atoms with Crippen molar-refractivity contribution < 1.29 is 14.3 Å². The molecule has 0 unspecified atom stereocenters. The molecular weight excluding hydrogens is 159 g/mol. The van der Waals surface area contributed by atoms with E-state index >= 15 is 0 Å². The van der Waals surface area contributed by atoms with Crippen molar-refractivity contribution in [1.82, 2.24) is 0 Å². The molecule has 0 saturated heterocycles. The third-order valence-corrected chi connectivity index (χ3v) is 2.02. The van der Waals surface area contributed by atoms with Crippen LogP contribution in [-0.2, 0) is 4.79 Å². The summed E-state index contributed by atoms with van der Waals surface area (Å²) in [7, 11) is 0. The highest BCUT2D eigenvalue weighted by Crippen LogP contribution is 2.15. The van der Waals surface area contributed by atoms with E-state index in [1.807, 2.05) is 6.92 Å². The van der Waals surface area contributed by atoms with Gasteiger partial charge in [-0.25, -0.2) is 4.39 Å². The molecule has 0 aliphatic carbocycles. The molecule has 0 bridgehead atoms. The molecule has 0 aromatic rings. The Labute approximate surface area is 72.8 Å². The molecule has 72 valence electrons. The summed E-state index contributed by atoms with van der Waals surface area (Å²) in [5.41, 5.74) is 0. The number of hydrogen-bond donors (Lipinski definition) is 1. The van der Waals surface area contributed by atoms with E-state index < -0.39 is 18.1 Å². The number of carbonyl (C=O) groups is 1. The summed E-state index contributed by atoms with van der Waals surface area (Å²) < 4.78 is 13.0. The lowest BCUT2D eigenvalue weighted by atomic mass is 10.0. The van der Waals surface area contributed by atoms with E-state index in [0.29, 0.717) is 6.42 Å². The summed E-state index contributed by atoms with van der Waals surface area (Å²) >= 11 is 0. The number of halogens is 1. The highest BCUT2D eigenvalue weighted by molar-refractivity contribution is 5.70. The molecule has 0 rings (SSSR count). The van der Waals surface area contributed by atoms with Gasteiger partial charge in [-0.15, -0.1) is 0 Å². The minimum Gasteiger partial charge on any atom is -0.481 e. The van der Waals surface area contributed by atoms with Crippen LogP contribution in [0.2, 0.25) is 0 Å². The van der Waals surface area contributed by atoms with Crippen molar-refractivity contribution in [3.8, 4) is 0 Å². The number of carboxylic acids is 1. The Morgan fingerprint density at radius 3 is 2.50 bits per heavy atom. The van der Waals surface area contributed by atoms with Crippen LogP contribution in [0.15, 0.2) is 0 Å². The molecule has 0 aromatic carbocycles. The number of carboxylic acid groups (broad SMARTS) is 1. The molecule has 0 amide bonds. The van der Waals surface area contributed by atoms with Crippen molar-refractivity contribution in [3.05, 3.63) is 0 Å². The fourth-order valence-corrected chi connectivity index (χ4v) is 0.994. The predicted molar refractivity (Wildman–Crippen MR) is 45.8 cm³/mol. The fourth-order valence-electron chi connectivity index (χ4n) is 0.994. The van der Waals surface area contributed by atoms with E-state index in [0.717, 1.165) is 19.3 Å². The normalized spacial score (nSPS) is 15.6. The van der Waals surface area contributed by atoms with Gasteiger partial charge < -0.3 is 5.11 Å². The lowest BCUT2D eigenvalue weighted by molar-refractivity contribution is -0.143. The summed E-state index contributed by atoms with van der Waals surface area (Å²) in [6, 6.07) is 0. The Balaban J connectivity index is 3.56. The van der Waals surface area contributed by atoms with Crippen LogP contribution in [0.3, 0.4) is 0 Å². The molecule has 0 aromatic heterocycles. The SMILES string of the molecule is CCCCC[C@@H](F)[C@@H](C)C(=O)O. The van der Waals surface area contributed by atoms with Gasteiger partial charge in [0.1, 0.15) is 6.17 Å². The molecule has 0 saturated carbocycles. The highest BCUT2D eigenvalue weighted by atomic mass is 19.1. The minimum absolute atomic E-state index is 0.376. The van der Waals surface area contributed by atoms with Gasteiger partial charge in [-0.05, 0) is 13.3 Å². The van der Waals surface area contributed by atoms with Crippen molar-refractivity contribution in [2.24, 2.45) is 5.92 Å². The van der Waals surface area contributed by atoms with E-state index in [2.05, 4.69) is 0 Å². The first-order valence-corrected chi connectivity index (χ1v) is 4.46. The molecule has 12 heavy (non-hydrogen) atoms. The van der Waals surface area contributed by atoms with Crippen LogP contribution >= 0.6 is 0 Å². The topological polar surface area (TPSA) is 37.3 Å². The smallest absolute Gasteiger partial charge is 0.309 e. The number of aliphatic carboxylic acids is 1. The molecule has 0 aliphatic rings. The van der Waals surface area contributed by atoms with Gasteiger partial charge >= 0.3 is 5.97 Å². The second-order valence-corrected chi connectivity index (χ2v) is 3.14. The van der Waals surface area contributed by atoms with Gasteiger partial charge in [0.15, 0.2) is 0 Å². The van der Waals surface area contributed by atoms with Crippen LogP contribution in [0, 0.1) is 5.92 Å². The maximum absolute atomic E-state index is 13.0. The zero-order chi connectivity index (χ0) is 9.56. The molecule has 2 nitrogen and oxygen atoms in total. The van der Waals surface area contributed by atoms with Gasteiger partial charge in [-0.3, -0.25) is 4.79 Å². The minimum atomic E-state index is -1.19. The zero-order valence-corrected chi connectivity index (χ0v) is 7.72. The zero-order valence-electron chi connectivity index (χ0n) is 7.72. The first kappa shape index (κ1) is 11.4. The lowest BCUT2D eigenvalue weighted by Crippen LogP contribution is -2.21. The van der Waals surface area contributed by atoms with E-state index in [-0.39, 0.29) is 0 Å². The van der Waals surface area contributed by atoms with Crippen molar-refractivity contribution >= 4 is 5.97 Å². The standard InChI is InChI=1S/C9H17FO2/c1-3-4-5-6-8(10)7(2)9(11)12/h7-8H,3-6H2,1-2H3,(H,11,12)/t7-,8-/m1/s1. The molecule has 0 radical (unpaired) electrons. The highest BCUT2D eigenvalue weighted by Gasteiger charge is 2.21. The molecule has 0 fully saturated rings. The molecule has 3 heteroatoms. The fraction of sp³-hybridized carbons (Fsp3) is 0.889. The summed E-state index contributed by atoms with van der Waals surface area (Å²) in [4.78, 5) is 10.3. The second kappa shape index (κ2) is 5.98. The van der Waals surface area contributed by atoms with Gasteiger partial charge in [-0.2, -0.15) is 0 Å². The maximum atomic E-state index is 13.0. The summed E-state index contributed by atoms with van der Waals surface area (Å²) in [5.74, 6) is -1.90. The first-order chi connectivity index (χ1) is 5.59. The van der Waals surface area contributed by atoms with Crippen LogP contribution in [0.25, 0.3) is 0 Å². The van der Waals surface area contributed by atoms with Gasteiger partial charge in [0.25, 0.3) is 0 Å². The summed E-state index contributed by atoms with van der Waals surface area (Å²) in [6.45, 7) is 3.45. The van der Waals surface area contributed by atoms with Crippen LogP contribution in [-0.4, -0.2) is 17.2 Å². The largest absolute Gasteiger partial charge is 0.481 e. The van der Waals surface area contributed by atoms with Gasteiger partial charge in [-0.1, -0.05) is 26.2 Å². The van der Waals surface area contributed by atoms with Crippen molar-refractivity contribution in [1.29, 1.82) is 0 Å². The van der Waals surface area contributed by atoms with Crippen molar-refractivity contribution in [2.75, 3.05) is 0 Å². The van der Waals surface area contributed by atoms with Gasteiger partial charge in [0, 0.05) is 0 Å². The van der Waals surface area contributed by atoms with Crippen molar-refractivity contribution in [3.63, 3.8) is 0 Å². The Morgan fingerprint density at radius 2 is 2.08 bits per heavy atom. The van der Waals surface area contributed by atoms with E-state index in [1.165, 1.54) is 6.92 Å². The monoisotopic (exact) mass is 176 g/mol. The van der Waals surface area contributed by atoms with Crippen LogP contribution in [0.5, 0.6) is 0 Å². The molecule has 0 heterocycles.